The SMILES string of the molecule is CC(Cc1ccc(Cl)cc1)NC(=O)C1CC1(c1ccccc1)c1ccccc1. The van der Waals surface area contributed by atoms with Gasteiger partial charge in [0, 0.05) is 16.5 Å². The van der Waals surface area contributed by atoms with Crippen LogP contribution in [0.15, 0.2) is 84.9 Å². The summed E-state index contributed by atoms with van der Waals surface area (Å²) in [5.41, 5.74) is 3.39. The molecule has 2 nitrogen and oxygen atoms in total. The van der Waals surface area contributed by atoms with Crippen LogP contribution < -0.4 is 5.32 Å². The highest BCUT2D eigenvalue weighted by molar-refractivity contribution is 6.30. The van der Waals surface area contributed by atoms with E-state index in [1.54, 1.807) is 0 Å². The molecule has 1 saturated carbocycles. The number of hydrogen-bond acceptors (Lipinski definition) is 1. The van der Waals surface area contributed by atoms with Crippen LogP contribution in [-0.4, -0.2) is 11.9 Å². The van der Waals surface area contributed by atoms with Gasteiger partial charge >= 0.3 is 0 Å². The van der Waals surface area contributed by atoms with Gasteiger partial charge in [0.2, 0.25) is 5.91 Å². The molecule has 0 saturated heterocycles. The average Bonchev–Trinajstić information content (AvgIpc) is 3.48. The maximum atomic E-state index is 13.1. The molecule has 0 aliphatic heterocycles. The Labute approximate surface area is 171 Å². The van der Waals surface area contributed by atoms with Crippen molar-refractivity contribution in [1.29, 1.82) is 0 Å². The maximum Gasteiger partial charge on any atom is 0.224 e. The molecular weight excluding hydrogens is 366 g/mol. The van der Waals surface area contributed by atoms with Crippen LogP contribution in [0.25, 0.3) is 0 Å². The van der Waals surface area contributed by atoms with Crippen molar-refractivity contribution in [3.8, 4) is 0 Å². The topological polar surface area (TPSA) is 29.1 Å². The number of rotatable bonds is 6. The molecule has 1 N–H and O–H groups in total. The second-order valence-electron chi connectivity index (χ2n) is 7.70. The van der Waals surface area contributed by atoms with Gasteiger partial charge in [-0.1, -0.05) is 84.4 Å². The molecule has 0 spiro atoms. The Balaban J connectivity index is 1.50. The highest BCUT2D eigenvalue weighted by Crippen LogP contribution is 2.58. The number of hydrogen-bond donors (Lipinski definition) is 1. The van der Waals surface area contributed by atoms with Gasteiger partial charge < -0.3 is 5.32 Å². The highest BCUT2D eigenvalue weighted by Gasteiger charge is 2.60. The van der Waals surface area contributed by atoms with Gasteiger partial charge in [0.1, 0.15) is 0 Å². The predicted molar refractivity (Wildman–Crippen MR) is 115 cm³/mol. The summed E-state index contributed by atoms with van der Waals surface area (Å²) in [5, 5.41) is 3.96. The Morgan fingerprint density at radius 2 is 1.50 bits per heavy atom. The van der Waals surface area contributed by atoms with Crippen LogP contribution in [0.5, 0.6) is 0 Å². The van der Waals surface area contributed by atoms with Crippen molar-refractivity contribution in [2.24, 2.45) is 5.92 Å². The Hall–Kier alpha value is -2.58. The van der Waals surface area contributed by atoms with E-state index in [1.165, 1.54) is 16.7 Å². The van der Waals surface area contributed by atoms with E-state index in [0.29, 0.717) is 0 Å². The zero-order valence-electron chi connectivity index (χ0n) is 15.9. The summed E-state index contributed by atoms with van der Waals surface area (Å²) in [5.74, 6) is 0.0964. The molecule has 3 aromatic rings. The van der Waals surface area contributed by atoms with Crippen LogP contribution in [0.2, 0.25) is 5.02 Å². The van der Waals surface area contributed by atoms with Crippen LogP contribution in [0, 0.1) is 5.92 Å². The van der Waals surface area contributed by atoms with E-state index in [-0.39, 0.29) is 23.3 Å². The summed E-state index contributed by atoms with van der Waals surface area (Å²) in [6, 6.07) is 28.7. The molecule has 3 heteroatoms. The van der Waals surface area contributed by atoms with E-state index < -0.39 is 0 Å². The molecule has 1 fully saturated rings. The zero-order valence-corrected chi connectivity index (χ0v) is 16.7. The van der Waals surface area contributed by atoms with E-state index >= 15 is 0 Å². The van der Waals surface area contributed by atoms with Crippen molar-refractivity contribution in [2.45, 2.75) is 31.2 Å². The molecule has 2 atom stereocenters. The summed E-state index contributed by atoms with van der Waals surface area (Å²) < 4.78 is 0. The first kappa shape index (κ1) is 18.8. The van der Waals surface area contributed by atoms with Crippen LogP contribution in [-0.2, 0) is 16.6 Å². The minimum atomic E-state index is -0.216. The minimum Gasteiger partial charge on any atom is -0.353 e. The number of nitrogens with one attached hydrogen (secondary N) is 1. The highest BCUT2D eigenvalue weighted by atomic mass is 35.5. The number of carbonyl (C=O) groups is 1. The fraction of sp³-hybridized carbons (Fsp3) is 0.240. The molecule has 1 amide bonds. The lowest BCUT2D eigenvalue weighted by Crippen LogP contribution is -2.37. The largest absolute Gasteiger partial charge is 0.353 e. The second kappa shape index (κ2) is 7.81. The zero-order chi connectivity index (χ0) is 19.6. The van der Waals surface area contributed by atoms with Crippen LogP contribution in [0.3, 0.4) is 0 Å². The average molecular weight is 390 g/mol. The number of halogens is 1. The quantitative estimate of drug-likeness (QED) is 0.601. The van der Waals surface area contributed by atoms with Crippen molar-refractivity contribution < 1.29 is 4.79 Å². The summed E-state index contributed by atoms with van der Waals surface area (Å²) >= 11 is 5.96. The minimum absolute atomic E-state index is 0.0371. The van der Waals surface area contributed by atoms with Gasteiger partial charge in [-0.15, -0.1) is 0 Å². The molecule has 4 rings (SSSR count). The smallest absolute Gasteiger partial charge is 0.224 e. The van der Waals surface area contributed by atoms with E-state index in [4.69, 9.17) is 11.6 Å². The second-order valence-corrected chi connectivity index (χ2v) is 8.14. The third-order valence-corrected chi connectivity index (χ3v) is 5.95. The molecule has 1 aliphatic rings. The first-order valence-electron chi connectivity index (χ1n) is 9.75. The van der Waals surface area contributed by atoms with Crippen LogP contribution in [0.1, 0.15) is 30.0 Å². The van der Waals surface area contributed by atoms with Gasteiger partial charge in [-0.2, -0.15) is 0 Å². The first-order chi connectivity index (χ1) is 13.6. The Kier molecular flexibility index (Phi) is 5.23. The summed E-state index contributed by atoms with van der Waals surface area (Å²) in [7, 11) is 0. The summed E-state index contributed by atoms with van der Waals surface area (Å²) in [4.78, 5) is 13.1. The van der Waals surface area contributed by atoms with Crippen molar-refractivity contribution in [3.63, 3.8) is 0 Å². The van der Waals surface area contributed by atoms with E-state index in [2.05, 4.69) is 60.8 Å². The molecule has 0 heterocycles. The number of carbonyl (C=O) groups excluding carboxylic acids is 1. The number of benzene rings is 3. The fourth-order valence-corrected chi connectivity index (χ4v) is 4.35. The molecular formula is C25H24ClNO. The normalized spacial score (nSPS) is 18.3. The molecule has 0 radical (unpaired) electrons. The Morgan fingerprint density at radius 1 is 0.964 bits per heavy atom. The maximum absolute atomic E-state index is 13.1. The van der Waals surface area contributed by atoms with E-state index in [9.17, 15) is 4.79 Å². The van der Waals surface area contributed by atoms with Crippen molar-refractivity contribution >= 4 is 17.5 Å². The molecule has 2 unspecified atom stereocenters. The third-order valence-electron chi connectivity index (χ3n) is 5.70. The lowest BCUT2D eigenvalue weighted by molar-refractivity contribution is -0.123. The molecule has 28 heavy (non-hydrogen) atoms. The first-order valence-corrected chi connectivity index (χ1v) is 10.1. The molecule has 3 aromatic carbocycles. The van der Waals surface area contributed by atoms with Crippen LogP contribution in [0.4, 0.5) is 0 Å². The Bertz CT molecular complexity index is 898. The summed E-state index contributed by atoms with van der Waals surface area (Å²) in [6.45, 7) is 2.06. The molecule has 0 bridgehead atoms. The Morgan fingerprint density at radius 3 is 2.04 bits per heavy atom. The van der Waals surface area contributed by atoms with Gasteiger partial charge in [0.05, 0.1) is 5.92 Å². The number of amides is 1. The van der Waals surface area contributed by atoms with E-state index in [0.717, 1.165) is 17.9 Å². The third kappa shape index (κ3) is 3.70. The molecule has 1 aliphatic carbocycles. The lowest BCUT2D eigenvalue weighted by Gasteiger charge is -2.20. The van der Waals surface area contributed by atoms with Crippen LogP contribution >= 0.6 is 11.6 Å². The van der Waals surface area contributed by atoms with E-state index in [1.807, 2.05) is 36.4 Å². The predicted octanol–water partition coefficient (Wildman–Crippen LogP) is 5.39. The van der Waals surface area contributed by atoms with Gasteiger partial charge in [0.25, 0.3) is 0 Å². The lowest BCUT2D eigenvalue weighted by atomic mass is 9.85. The monoisotopic (exact) mass is 389 g/mol. The molecule has 0 aromatic heterocycles. The molecule has 142 valence electrons. The van der Waals surface area contributed by atoms with Crippen molar-refractivity contribution in [2.75, 3.05) is 0 Å². The van der Waals surface area contributed by atoms with Gasteiger partial charge in [-0.25, -0.2) is 0 Å². The van der Waals surface area contributed by atoms with Gasteiger partial charge in [0.15, 0.2) is 0 Å². The standard InChI is InChI=1S/C25H24ClNO/c1-18(16-19-12-14-22(26)15-13-19)27-24(28)23-17-25(23,20-8-4-2-5-9-20)21-10-6-3-7-11-21/h2-15,18,23H,16-17H2,1H3,(H,27,28). The van der Waals surface area contributed by atoms with Gasteiger partial charge in [-0.05, 0) is 48.6 Å². The van der Waals surface area contributed by atoms with Gasteiger partial charge in [-0.3, -0.25) is 4.79 Å². The van der Waals surface area contributed by atoms with Crippen molar-refractivity contribution in [3.05, 3.63) is 107 Å². The fourth-order valence-electron chi connectivity index (χ4n) is 4.22. The summed E-state index contributed by atoms with van der Waals surface area (Å²) in [6.07, 6.45) is 1.64. The van der Waals surface area contributed by atoms with Crippen molar-refractivity contribution in [1.82, 2.24) is 5.32 Å².